The summed E-state index contributed by atoms with van der Waals surface area (Å²) in [5.41, 5.74) is 0. The molecule has 8 nitrogen and oxygen atoms in total. The first-order valence-corrected chi connectivity index (χ1v) is 11.4. The maximum absolute atomic E-state index is 12.3. The van der Waals surface area contributed by atoms with Crippen LogP contribution in [0, 0.1) is 0 Å². The number of fused-ring (bicyclic) bond motifs is 1. The molecular formula is C15H24N2O6S2. The molecule has 0 radical (unpaired) electrons. The van der Waals surface area contributed by atoms with Gasteiger partial charge in [0.25, 0.3) is 0 Å². The van der Waals surface area contributed by atoms with Crippen LogP contribution >= 0.6 is 0 Å². The predicted octanol–water partition coefficient (Wildman–Crippen LogP) is 1.15. The summed E-state index contributed by atoms with van der Waals surface area (Å²) in [6, 6.07) is 4.34. The molecule has 0 bridgehead atoms. The first kappa shape index (κ1) is 20.0. The summed E-state index contributed by atoms with van der Waals surface area (Å²) >= 11 is 0. The number of ether oxygens (including phenoxy) is 2. The van der Waals surface area contributed by atoms with Crippen molar-refractivity contribution >= 4 is 20.0 Å². The fraction of sp³-hybridized carbons (Fsp3) is 0.600. The number of nitrogens with one attached hydrogen (secondary N) is 1. The number of hydrogen-bond donors (Lipinski definition) is 1. The molecule has 0 aliphatic carbocycles. The molecule has 1 aromatic carbocycles. The van der Waals surface area contributed by atoms with Crippen LogP contribution in [0.5, 0.6) is 11.5 Å². The second-order valence-electron chi connectivity index (χ2n) is 5.78. The highest BCUT2D eigenvalue weighted by molar-refractivity contribution is 7.89. The van der Waals surface area contributed by atoms with Crippen molar-refractivity contribution in [1.82, 2.24) is 9.03 Å². The molecule has 2 rings (SSSR count). The van der Waals surface area contributed by atoms with Gasteiger partial charge in [-0.05, 0) is 18.6 Å². The van der Waals surface area contributed by atoms with Crippen LogP contribution in [0.3, 0.4) is 0 Å². The van der Waals surface area contributed by atoms with Crippen molar-refractivity contribution in [2.75, 3.05) is 32.7 Å². The Bertz CT molecular complexity index is 792. The van der Waals surface area contributed by atoms with Crippen molar-refractivity contribution in [3.05, 3.63) is 18.2 Å². The van der Waals surface area contributed by atoms with Crippen LogP contribution in [0.25, 0.3) is 0 Å². The van der Waals surface area contributed by atoms with Gasteiger partial charge in [0, 0.05) is 25.7 Å². The van der Waals surface area contributed by atoms with Crippen LogP contribution in [-0.4, -0.2) is 53.8 Å². The fourth-order valence-electron chi connectivity index (χ4n) is 2.41. The normalized spacial score (nSPS) is 14.2. The van der Waals surface area contributed by atoms with E-state index in [1.165, 1.54) is 22.5 Å². The second kappa shape index (κ2) is 8.35. The first-order chi connectivity index (χ1) is 11.7. The average molecular weight is 392 g/mol. The molecule has 0 saturated carbocycles. The van der Waals surface area contributed by atoms with Crippen LogP contribution in [0.4, 0.5) is 0 Å². The third-order valence-corrected chi connectivity index (χ3v) is 6.55. The number of hydrogen-bond acceptors (Lipinski definition) is 6. The van der Waals surface area contributed by atoms with Gasteiger partial charge in [0.2, 0.25) is 26.8 Å². The lowest BCUT2D eigenvalue weighted by Gasteiger charge is -2.20. The molecule has 0 spiro atoms. The van der Waals surface area contributed by atoms with Crippen molar-refractivity contribution in [3.8, 4) is 11.5 Å². The quantitative estimate of drug-likeness (QED) is 0.599. The summed E-state index contributed by atoms with van der Waals surface area (Å²) in [6.45, 7) is 2.57. The smallest absolute Gasteiger partial charge is 0.240 e. The second-order valence-corrected chi connectivity index (χ2v) is 9.53. The largest absolute Gasteiger partial charge is 0.454 e. The Morgan fingerprint density at radius 1 is 1.08 bits per heavy atom. The molecular weight excluding hydrogens is 368 g/mol. The van der Waals surface area contributed by atoms with E-state index in [-0.39, 0.29) is 24.8 Å². The SMILES string of the molecule is CCCCCN(CCNS(=O)(=O)c1ccc2c(c1)OCO2)S(C)(=O)=O. The van der Waals surface area contributed by atoms with E-state index in [1.54, 1.807) is 0 Å². The molecule has 1 heterocycles. The van der Waals surface area contributed by atoms with Crippen molar-refractivity contribution in [2.45, 2.75) is 31.1 Å². The standard InChI is InChI=1S/C15H24N2O6S2/c1-3-4-5-9-17(24(2,18)19)10-8-16-25(20,21)13-6-7-14-15(11-13)23-12-22-14/h6-7,11,16H,3-5,8-10,12H2,1-2H3. The lowest BCUT2D eigenvalue weighted by Crippen LogP contribution is -2.38. The van der Waals surface area contributed by atoms with E-state index in [9.17, 15) is 16.8 Å². The molecule has 0 fully saturated rings. The lowest BCUT2D eigenvalue weighted by atomic mass is 10.2. The van der Waals surface area contributed by atoms with Gasteiger partial charge >= 0.3 is 0 Å². The Morgan fingerprint density at radius 2 is 1.80 bits per heavy atom. The topological polar surface area (TPSA) is 102 Å². The maximum Gasteiger partial charge on any atom is 0.240 e. The van der Waals surface area contributed by atoms with Gasteiger partial charge in [-0.25, -0.2) is 25.9 Å². The molecule has 1 N–H and O–H groups in total. The zero-order valence-electron chi connectivity index (χ0n) is 14.4. The number of unbranched alkanes of at least 4 members (excludes halogenated alkanes) is 2. The lowest BCUT2D eigenvalue weighted by molar-refractivity contribution is 0.174. The van der Waals surface area contributed by atoms with Gasteiger partial charge in [0.15, 0.2) is 11.5 Å². The third-order valence-electron chi connectivity index (χ3n) is 3.79. The minimum atomic E-state index is -3.76. The van der Waals surface area contributed by atoms with Crippen molar-refractivity contribution < 1.29 is 26.3 Å². The van der Waals surface area contributed by atoms with Crippen LogP contribution in [0.1, 0.15) is 26.2 Å². The Kier molecular flexibility index (Phi) is 6.66. The average Bonchev–Trinajstić information content (AvgIpc) is 3.00. The summed E-state index contributed by atoms with van der Waals surface area (Å²) in [5.74, 6) is 0.873. The van der Waals surface area contributed by atoms with Crippen LogP contribution in [-0.2, 0) is 20.0 Å². The van der Waals surface area contributed by atoms with Crippen molar-refractivity contribution in [3.63, 3.8) is 0 Å². The molecule has 25 heavy (non-hydrogen) atoms. The van der Waals surface area contributed by atoms with E-state index < -0.39 is 20.0 Å². The molecule has 1 aliphatic rings. The van der Waals surface area contributed by atoms with E-state index >= 15 is 0 Å². The summed E-state index contributed by atoms with van der Waals surface area (Å²) < 4.78 is 62.3. The van der Waals surface area contributed by atoms with E-state index in [0.29, 0.717) is 18.0 Å². The third kappa shape index (κ3) is 5.56. The van der Waals surface area contributed by atoms with E-state index in [0.717, 1.165) is 25.5 Å². The van der Waals surface area contributed by atoms with Gasteiger partial charge in [-0.2, -0.15) is 0 Å². The fourth-order valence-corrected chi connectivity index (χ4v) is 4.33. The zero-order valence-corrected chi connectivity index (χ0v) is 16.0. The van der Waals surface area contributed by atoms with E-state index in [4.69, 9.17) is 9.47 Å². The molecule has 10 heteroatoms. The minimum absolute atomic E-state index is 0.00400. The van der Waals surface area contributed by atoms with Gasteiger partial charge in [0.05, 0.1) is 11.2 Å². The summed E-state index contributed by atoms with van der Waals surface area (Å²) in [4.78, 5) is 0.0497. The Labute approximate surface area is 149 Å². The Hall–Kier alpha value is -1.36. The maximum atomic E-state index is 12.3. The predicted molar refractivity (Wildman–Crippen MR) is 93.7 cm³/mol. The van der Waals surface area contributed by atoms with E-state index in [2.05, 4.69) is 4.72 Å². The summed E-state index contributed by atoms with van der Waals surface area (Å²) in [5, 5.41) is 0. The highest BCUT2D eigenvalue weighted by Crippen LogP contribution is 2.33. The van der Waals surface area contributed by atoms with E-state index in [1.807, 2.05) is 6.92 Å². The number of benzene rings is 1. The number of sulfonamides is 2. The summed E-state index contributed by atoms with van der Waals surface area (Å²) in [6.07, 6.45) is 3.78. The van der Waals surface area contributed by atoms with Gasteiger partial charge < -0.3 is 9.47 Å². The van der Waals surface area contributed by atoms with Gasteiger partial charge in [-0.15, -0.1) is 0 Å². The number of rotatable bonds is 10. The summed E-state index contributed by atoms with van der Waals surface area (Å²) in [7, 11) is -7.13. The molecule has 142 valence electrons. The highest BCUT2D eigenvalue weighted by Gasteiger charge is 2.21. The van der Waals surface area contributed by atoms with Crippen LogP contribution in [0.2, 0.25) is 0 Å². The molecule has 0 amide bonds. The molecule has 0 saturated heterocycles. The van der Waals surface area contributed by atoms with Gasteiger partial charge in [-0.1, -0.05) is 19.8 Å². The van der Waals surface area contributed by atoms with Crippen LogP contribution in [0.15, 0.2) is 23.1 Å². The Morgan fingerprint density at radius 3 is 2.48 bits per heavy atom. The minimum Gasteiger partial charge on any atom is -0.454 e. The Balaban J connectivity index is 1.96. The van der Waals surface area contributed by atoms with Gasteiger partial charge in [-0.3, -0.25) is 0 Å². The first-order valence-electron chi connectivity index (χ1n) is 8.08. The van der Waals surface area contributed by atoms with Crippen LogP contribution < -0.4 is 14.2 Å². The molecule has 0 unspecified atom stereocenters. The van der Waals surface area contributed by atoms with Crippen molar-refractivity contribution in [2.24, 2.45) is 0 Å². The monoisotopic (exact) mass is 392 g/mol. The molecule has 0 atom stereocenters. The molecule has 1 aromatic rings. The molecule has 0 aromatic heterocycles. The van der Waals surface area contributed by atoms with Crippen molar-refractivity contribution in [1.29, 1.82) is 0 Å². The zero-order chi connectivity index (χ0) is 18.5. The number of nitrogens with zero attached hydrogens (tertiary/aromatic N) is 1. The van der Waals surface area contributed by atoms with Gasteiger partial charge in [0.1, 0.15) is 0 Å². The molecule has 1 aliphatic heterocycles. The highest BCUT2D eigenvalue weighted by atomic mass is 32.2.